The second kappa shape index (κ2) is 5.48. The van der Waals surface area contributed by atoms with E-state index in [1.165, 1.54) is 17.2 Å². The first-order chi connectivity index (χ1) is 12.1. The van der Waals surface area contributed by atoms with E-state index in [9.17, 15) is 14.4 Å². The highest BCUT2D eigenvalue weighted by Gasteiger charge is 2.33. The number of rotatable bonds is 1. The van der Waals surface area contributed by atoms with Crippen LogP contribution in [0.1, 0.15) is 16.1 Å². The van der Waals surface area contributed by atoms with Gasteiger partial charge in [-0.15, -0.1) is 0 Å². The Labute approximate surface area is 140 Å². The number of H-pyrrole nitrogens is 2. The first kappa shape index (κ1) is 14.9. The van der Waals surface area contributed by atoms with Crippen molar-refractivity contribution in [2.75, 3.05) is 11.9 Å². The van der Waals surface area contributed by atoms with Gasteiger partial charge < -0.3 is 9.32 Å². The molecule has 0 aliphatic carbocycles. The van der Waals surface area contributed by atoms with E-state index in [1.54, 1.807) is 43.4 Å². The minimum atomic E-state index is -0.479. The smallest absolute Gasteiger partial charge is 0.271 e. The van der Waals surface area contributed by atoms with Gasteiger partial charge in [0, 0.05) is 12.6 Å². The summed E-state index contributed by atoms with van der Waals surface area (Å²) >= 11 is 0. The van der Waals surface area contributed by atoms with Crippen LogP contribution in [-0.4, -0.2) is 28.9 Å². The van der Waals surface area contributed by atoms with Gasteiger partial charge in [0.2, 0.25) is 5.78 Å². The first-order valence-corrected chi connectivity index (χ1v) is 7.56. The minimum absolute atomic E-state index is 0.0858. The lowest BCUT2D eigenvalue weighted by atomic mass is 9.95. The summed E-state index contributed by atoms with van der Waals surface area (Å²) in [7, 11) is 1.59. The van der Waals surface area contributed by atoms with Crippen LogP contribution in [0.5, 0.6) is 0 Å². The molecule has 0 bridgehead atoms. The molecule has 1 amide bonds. The predicted molar refractivity (Wildman–Crippen MR) is 90.5 cm³/mol. The fourth-order valence-electron chi connectivity index (χ4n) is 2.91. The number of aromatic nitrogens is 2. The Morgan fingerprint density at radius 1 is 1.04 bits per heavy atom. The van der Waals surface area contributed by atoms with Crippen molar-refractivity contribution in [1.82, 2.24) is 10.2 Å². The van der Waals surface area contributed by atoms with E-state index in [4.69, 9.17) is 4.42 Å². The summed E-state index contributed by atoms with van der Waals surface area (Å²) in [5, 5.41) is 5.40. The van der Waals surface area contributed by atoms with Gasteiger partial charge >= 0.3 is 0 Å². The number of ketones is 1. The number of amides is 1. The van der Waals surface area contributed by atoms with Crippen LogP contribution in [-0.2, 0) is 4.79 Å². The van der Waals surface area contributed by atoms with Gasteiger partial charge in [-0.3, -0.25) is 24.6 Å². The monoisotopic (exact) mass is 335 g/mol. The van der Waals surface area contributed by atoms with Gasteiger partial charge in [0.1, 0.15) is 11.3 Å². The van der Waals surface area contributed by atoms with Crippen molar-refractivity contribution in [2.45, 2.75) is 0 Å². The largest absolute Gasteiger partial charge is 0.465 e. The van der Waals surface area contributed by atoms with Crippen LogP contribution in [0, 0.1) is 0 Å². The molecule has 4 rings (SSSR count). The summed E-state index contributed by atoms with van der Waals surface area (Å²) in [5.74, 6) is -0.465. The standard InChI is InChI=1S/C18H13N3O4/c1-21-13-7-3-2-6-11(13)16(22)14(18(21)24)15-12(17(23)20-19-15)9-10-5-4-8-25-10/h2-9,19H,1H3,(H,20,23). The molecule has 7 nitrogen and oxygen atoms in total. The number of carbonyl (C=O) groups excluding carboxylic acids is 2. The van der Waals surface area contributed by atoms with Crippen LogP contribution >= 0.6 is 0 Å². The van der Waals surface area contributed by atoms with Crippen molar-refractivity contribution in [1.29, 1.82) is 0 Å². The Kier molecular flexibility index (Phi) is 3.28. The second-order valence-corrected chi connectivity index (χ2v) is 5.61. The Morgan fingerprint density at radius 3 is 2.60 bits per heavy atom. The lowest BCUT2D eigenvalue weighted by molar-refractivity contribution is -0.113. The molecule has 3 aromatic rings. The molecular formula is C18H13N3O4. The SMILES string of the molecule is CN1C(=O)C(=c2[nH][nH]c(=O)c2=Cc2ccco2)C(=O)c2ccccc21. The summed E-state index contributed by atoms with van der Waals surface area (Å²) in [5.41, 5.74) is 0.416. The summed E-state index contributed by atoms with van der Waals surface area (Å²) in [6, 6.07) is 10.2. The van der Waals surface area contributed by atoms with Crippen LogP contribution < -0.4 is 21.0 Å². The zero-order chi connectivity index (χ0) is 17.6. The third-order valence-electron chi connectivity index (χ3n) is 4.15. The molecular weight excluding hydrogens is 322 g/mol. The number of hydrogen-bond acceptors (Lipinski definition) is 4. The van der Waals surface area contributed by atoms with E-state index < -0.39 is 17.2 Å². The number of nitrogens with zero attached hydrogens (tertiary/aromatic N) is 1. The molecule has 0 fully saturated rings. The third kappa shape index (κ3) is 2.25. The maximum Gasteiger partial charge on any atom is 0.271 e. The number of nitrogens with one attached hydrogen (secondary N) is 2. The van der Waals surface area contributed by atoms with Crippen molar-refractivity contribution in [3.63, 3.8) is 0 Å². The van der Waals surface area contributed by atoms with Gasteiger partial charge in [0.15, 0.2) is 0 Å². The number of aromatic amines is 2. The van der Waals surface area contributed by atoms with Gasteiger partial charge in [-0.1, -0.05) is 12.1 Å². The summed E-state index contributed by atoms with van der Waals surface area (Å²) < 4.78 is 5.22. The maximum atomic E-state index is 12.9. The van der Waals surface area contributed by atoms with Gasteiger partial charge in [-0.25, -0.2) is 0 Å². The second-order valence-electron chi connectivity index (χ2n) is 5.61. The number of benzene rings is 1. The first-order valence-electron chi connectivity index (χ1n) is 7.56. The summed E-state index contributed by atoms with van der Waals surface area (Å²) in [6.07, 6.45) is 2.96. The summed E-state index contributed by atoms with van der Waals surface area (Å²) in [6.45, 7) is 0. The number of carbonyl (C=O) groups is 2. The summed E-state index contributed by atoms with van der Waals surface area (Å²) in [4.78, 5) is 39.2. The van der Waals surface area contributed by atoms with E-state index in [0.717, 1.165) is 0 Å². The molecule has 2 aromatic heterocycles. The number of fused-ring (bicyclic) bond motifs is 1. The maximum absolute atomic E-state index is 12.9. The lowest BCUT2D eigenvalue weighted by Crippen LogP contribution is -2.44. The lowest BCUT2D eigenvalue weighted by Gasteiger charge is -2.25. The van der Waals surface area contributed by atoms with E-state index >= 15 is 0 Å². The average molecular weight is 335 g/mol. The van der Waals surface area contributed by atoms with E-state index in [-0.39, 0.29) is 16.1 Å². The third-order valence-corrected chi connectivity index (χ3v) is 4.15. The van der Waals surface area contributed by atoms with Crippen LogP contribution in [0.2, 0.25) is 0 Å². The molecule has 25 heavy (non-hydrogen) atoms. The topological polar surface area (TPSA) is 99.2 Å². The molecule has 0 spiro atoms. The fraction of sp³-hybridized carbons (Fsp3) is 0.0556. The molecule has 0 saturated heterocycles. The highest BCUT2D eigenvalue weighted by atomic mass is 16.3. The number of Topliss-reactive ketones (excluding diaryl/α,β-unsaturated/α-hetero) is 1. The van der Waals surface area contributed by atoms with Crippen LogP contribution in [0.15, 0.2) is 51.9 Å². The molecule has 0 radical (unpaired) electrons. The van der Waals surface area contributed by atoms with Gasteiger partial charge in [0.05, 0.1) is 22.5 Å². The van der Waals surface area contributed by atoms with Crippen molar-refractivity contribution < 1.29 is 14.0 Å². The minimum Gasteiger partial charge on any atom is -0.465 e. The number of para-hydroxylation sites is 1. The molecule has 1 aliphatic rings. The molecule has 0 unspecified atom stereocenters. The van der Waals surface area contributed by atoms with Crippen molar-refractivity contribution in [3.8, 4) is 0 Å². The van der Waals surface area contributed by atoms with Crippen LogP contribution in [0.4, 0.5) is 5.69 Å². The van der Waals surface area contributed by atoms with Crippen LogP contribution in [0.25, 0.3) is 11.6 Å². The van der Waals surface area contributed by atoms with Crippen molar-refractivity contribution in [3.05, 3.63) is 74.9 Å². The Bertz CT molecular complexity index is 1170. The highest BCUT2D eigenvalue weighted by Crippen LogP contribution is 2.28. The number of hydrogen-bond donors (Lipinski definition) is 2. The van der Waals surface area contributed by atoms with Crippen molar-refractivity contribution in [2.24, 2.45) is 0 Å². The predicted octanol–water partition coefficient (Wildman–Crippen LogP) is 0.135. The molecule has 1 aromatic carbocycles. The molecule has 1 aliphatic heterocycles. The quantitative estimate of drug-likeness (QED) is 0.660. The zero-order valence-corrected chi connectivity index (χ0v) is 13.2. The fourth-order valence-corrected chi connectivity index (χ4v) is 2.91. The Balaban J connectivity index is 2.07. The zero-order valence-electron chi connectivity index (χ0n) is 13.2. The average Bonchev–Trinajstić information content (AvgIpc) is 3.25. The van der Waals surface area contributed by atoms with Crippen LogP contribution in [0.3, 0.4) is 0 Å². The Hall–Kier alpha value is -3.61. The molecule has 7 heteroatoms. The molecule has 2 N–H and O–H groups in total. The Morgan fingerprint density at radius 2 is 1.84 bits per heavy atom. The molecule has 124 valence electrons. The molecule has 3 heterocycles. The number of anilines is 1. The highest BCUT2D eigenvalue weighted by molar-refractivity contribution is 6.51. The molecule has 0 atom stereocenters. The van der Waals surface area contributed by atoms with Gasteiger partial charge in [-0.05, 0) is 30.3 Å². The van der Waals surface area contributed by atoms with Crippen molar-refractivity contribution >= 4 is 29.0 Å². The van der Waals surface area contributed by atoms with E-state index in [2.05, 4.69) is 10.2 Å². The molecule has 0 saturated carbocycles. The van der Waals surface area contributed by atoms with Gasteiger partial charge in [-0.2, -0.15) is 0 Å². The van der Waals surface area contributed by atoms with E-state index in [1.807, 2.05) is 0 Å². The normalized spacial score (nSPS) is 17.2. The van der Waals surface area contributed by atoms with Gasteiger partial charge in [0.25, 0.3) is 11.5 Å². The van der Waals surface area contributed by atoms with E-state index in [0.29, 0.717) is 17.0 Å². The number of furan rings is 1.